The number of nitrogens with one attached hydrogen (secondary N) is 1. The quantitative estimate of drug-likeness (QED) is 0.862. The second-order valence-corrected chi connectivity index (χ2v) is 6.35. The smallest absolute Gasteiger partial charge is 0.251 e. The van der Waals surface area contributed by atoms with Crippen molar-refractivity contribution in [2.24, 2.45) is 0 Å². The summed E-state index contributed by atoms with van der Waals surface area (Å²) in [7, 11) is 1.64. The minimum absolute atomic E-state index is 0.0864. The molecule has 0 bridgehead atoms. The van der Waals surface area contributed by atoms with Crippen LogP contribution >= 0.6 is 0 Å². The topological polar surface area (TPSA) is 57.7 Å². The van der Waals surface area contributed by atoms with Gasteiger partial charge in [-0.2, -0.15) is 0 Å². The Morgan fingerprint density at radius 2 is 1.88 bits per heavy atom. The summed E-state index contributed by atoms with van der Waals surface area (Å²) in [5, 5.41) is 2.96. The average molecular weight is 354 g/mol. The first-order valence-electron chi connectivity index (χ1n) is 9.04. The van der Waals surface area contributed by atoms with E-state index in [0.717, 1.165) is 49.9 Å². The zero-order valence-corrected chi connectivity index (χ0v) is 15.4. The Morgan fingerprint density at radius 3 is 2.54 bits per heavy atom. The standard InChI is InChI=1S/C20H26N4O2/c1-3-23-10-12-24(13-11-23)19-14-17(8-9-21-19)20(25)22-15-16-4-6-18(26-2)7-5-16/h4-9,14H,3,10-13,15H2,1-2H3,(H,22,25). The third-order valence-electron chi connectivity index (χ3n) is 4.76. The molecule has 0 saturated carbocycles. The number of hydrogen-bond acceptors (Lipinski definition) is 5. The van der Waals surface area contributed by atoms with E-state index in [1.807, 2.05) is 30.3 Å². The molecule has 2 aromatic rings. The summed E-state index contributed by atoms with van der Waals surface area (Å²) in [5.74, 6) is 1.59. The summed E-state index contributed by atoms with van der Waals surface area (Å²) < 4.78 is 5.15. The molecule has 3 rings (SSSR count). The fourth-order valence-corrected chi connectivity index (χ4v) is 3.05. The molecule has 1 amide bonds. The van der Waals surface area contributed by atoms with Crippen LogP contribution in [0.3, 0.4) is 0 Å². The molecule has 1 N–H and O–H groups in total. The van der Waals surface area contributed by atoms with Crippen LogP contribution in [0, 0.1) is 0 Å². The minimum atomic E-state index is -0.0864. The van der Waals surface area contributed by atoms with Gasteiger partial charge in [0.2, 0.25) is 0 Å². The van der Waals surface area contributed by atoms with Crippen molar-refractivity contribution in [2.45, 2.75) is 13.5 Å². The first kappa shape index (κ1) is 18.2. The van der Waals surface area contributed by atoms with Gasteiger partial charge in [-0.1, -0.05) is 19.1 Å². The molecule has 1 fully saturated rings. The van der Waals surface area contributed by atoms with Gasteiger partial charge in [0, 0.05) is 44.5 Å². The average Bonchev–Trinajstić information content (AvgIpc) is 2.72. The molecule has 6 heteroatoms. The number of rotatable bonds is 6. The maximum absolute atomic E-state index is 12.5. The van der Waals surface area contributed by atoms with Crippen LogP contribution in [0.5, 0.6) is 5.75 Å². The number of pyridine rings is 1. The van der Waals surface area contributed by atoms with E-state index < -0.39 is 0 Å². The first-order chi connectivity index (χ1) is 12.7. The Bertz CT molecular complexity index is 725. The molecule has 138 valence electrons. The van der Waals surface area contributed by atoms with Gasteiger partial charge in [0.05, 0.1) is 7.11 Å². The summed E-state index contributed by atoms with van der Waals surface area (Å²) >= 11 is 0. The lowest BCUT2D eigenvalue weighted by atomic mass is 10.2. The number of amides is 1. The van der Waals surface area contributed by atoms with E-state index in [-0.39, 0.29) is 5.91 Å². The van der Waals surface area contributed by atoms with E-state index in [1.54, 1.807) is 19.4 Å². The molecule has 26 heavy (non-hydrogen) atoms. The maximum atomic E-state index is 12.5. The van der Waals surface area contributed by atoms with Crippen molar-refractivity contribution in [1.29, 1.82) is 0 Å². The predicted molar refractivity (Wildman–Crippen MR) is 103 cm³/mol. The second kappa shape index (κ2) is 8.67. The fraction of sp³-hybridized carbons (Fsp3) is 0.400. The predicted octanol–water partition coefficient (Wildman–Crippen LogP) is 2.16. The molecule has 0 unspecified atom stereocenters. The van der Waals surface area contributed by atoms with Gasteiger partial charge in [-0.15, -0.1) is 0 Å². The minimum Gasteiger partial charge on any atom is -0.497 e. The molecule has 1 aliphatic heterocycles. The molecule has 0 spiro atoms. The third kappa shape index (κ3) is 4.52. The van der Waals surface area contributed by atoms with E-state index in [1.165, 1.54) is 0 Å². The number of methoxy groups -OCH3 is 1. The molecule has 0 atom stereocenters. The summed E-state index contributed by atoms with van der Waals surface area (Å²) in [4.78, 5) is 21.6. The van der Waals surface area contributed by atoms with Crippen molar-refractivity contribution in [3.05, 3.63) is 53.7 Å². The van der Waals surface area contributed by atoms with E-state index in [0.29, 0.717) is 12.1 Å². The van der Waals surface area contributed by atoms with Crippen LogP contribution in [0.1, 0.15) is 22.8 Å². The number of likely N-dealkylation sites (N-methyl/N-ethyl adjacent to an activating group) is 1. The summed E-state index contributed by atoms with van der Waals surface area (Å²) in [6, 6.07) is 11.3. The zero-order valence-electron chi connectivity index (χ0n) is 15.4. The van der Waals surface area contributed by atoms with E-state index in [4.69, 9.17) is 4.74 Å². The molecule has 0 radical (unpaired) electrons. The van der Waals surface area contributed by atoms with Crippen molar-refractivity contribution in [3.8, 4) is 5.75 Å². The Hall–Kier alpha value is -2.60. The summed E-state index contributed by atoms with van der Waals surface area (Å²) in [5.41, 5.74) is 1.67. The van der Waals surface area contributed by atoms with Crippen LogP contribution in [0.25, 0.3) is 0 Å². The number of aromatic nitrogens is 1. The largest absolute Gasteiger partial charge is 0.497 e. The van der Waals surface area contributed by atoms with E-state index in [2.05, 4.69) is 27.0 Å². The number of ether oxygens (including phenoxy) is 1. The Kier molecular flexibility index (Phi) is 6.07. The van der Waals surface area contributed by atoms with Crippen molar-refractivity contribution >= 4 is 11.7 Å². The zero-order chi connectivity index (χ0) is 18.4. The first-order valence-corrected chi connectivity index (χ1v) is 9.04. The maximum Gasteiger partial charge on any atom is 0.251 e. The number of carbonyl (C=O) groups is 1. The normalized spacial score (nSPS) is 14.9. The van der Waals surface area contributed by atoms with E-state index >= 15 is 0 Å². The summed E-state index contributed by atoms with van der Waals surface area (Å²) in [6.07, 6.45) is 1.71. The molecule has 6 nitrogen and oxygen atoms in total. The Balaban J connectivity index is 1.59. The number of anilines is 1. The van der Waals surface area contributed by atoms with E-state index in [9.17, 15) is 4.79 Å². The van der Waals surface area contributed by atoms with Crippen LogP contribution in [0.15, 0.2) is 42.6 Å². The molecule has 1 aromatic heterocycles. The molecule has 1 aromatic carbocycles. The van der Waals surface area contributed by atoms with Gasteiger partial charge in [0.1, 0.15) is 11.6 Å². The monoisotopic (exact) mass is 354 g/mol. The van der Waals surface area contributed by atoms with Gasteiger partial charge in [-0.3, -0.25) is 4.79 Å². The Morgan fingerprint density at radius 1 is 1.15 bits per heavy atom. The molecular formula is C20H26N4O2. The SMILES string of the molecule is CCN1CCN(c2cc(C(=O)NCc3ccc(OC)cc3)ccn2)CC1. The fourth-order valence-electron chi connectivity index (χ4n) is 3.05. The lowest BCUT2D eigenvalue weighted by Crippen LogP contribution is -2.46. The molecular weight excluding hydrogens is 328 g/mol. The van der Waals surface area contributed by atoms with Gasteiger partial charge in [0.25, 0.3) is 5.91 Å². The molecule has 0 aliphatic carbocycles. The lowest BCUT2D eigenvalue weighted by molar-refractivity contribution is 0.0951. The second-order valence-electron chi connectivity index (χ2n) is 6.35. The summed E-state index contributed by atoms with van der Waals surface area (Å²) in [6.45, 7) is 7.69. The molecule has 1 saturated heterocycles. The van der Waals surface area contributed by atoms with Crippen molar-refractivity contribution in [1.82, 2.24) is 15.2 Å². The number of piperazine rings is 1. The number of carbonyl (C=O) groups excluding carboxylic acids is 1. The highest BCUT2D eigenvalue weighted by Crippen LogP contribution is 2.16. The Labute approximate surface area is 154 Å². The highest BCUT2D eigenvalue weighted by Gasteiger charge is 2.17. The third-order valence-corrected chi connectivity index (χ3v) is 4.76. The van der Waals surface area contributed by atoms with Crippen molar-refractivity contribution < 1.29 is 9.53 Å². The van der Waals surface area contributed by atoms with Crippen LogP contribution in [-0.4, -0.2) is 55.6 Å². The van der Waals surface area contributed by atoms with Gasteiger partial charge in [0.15, 0.2) is 0 Å². The van der Waals surface area contributed by atoms with Gasteiger partial charge in [-0.05, 0) is 36.4 Å². The van der Waals surface area contributed by atoms with Crippen molar-refractivity contribution in [2.75, 3.05) is 44.7 Å². The lowest BCUT2D eigenvalue weighted by Gasteiger charge is -2.34. The number of nitrogens with zero attached hydrogens (tertiary/aromatic N) is 3. The molecule has 2 heterocycles. The van der Waals surface area contributed by atoms with Crippen LogP contribution in [-0.2, 0) is 6.54 Å². The van der Waals surface area contributed by atoms with Crippen LogP contribution < -0.4 is 15.0 Å². The van der Waals surface area contributed by atoms with Gasteiger partial charge < -0.3 is 19.9 Å². The van der Waals surface area contributed by atoms with Crippen LogP contribution in [0.4, 0.5) is 5.82 Å². The van der Waals surface area contributed by atoms with Gasteiger partial charge >= 0.3 is 0 Å². The van der Waals surface area contributed by atoms with Gasteiger partial charge in [-0.25, -0.2) is 4.98 Å². The highest BCUT2D eigenvalue weighted by molar-refractivity contribution is 5.94. The highest BCUT2D eigenvalue weighted by atomic mass is 16.5. The number of hydrogen-bond donors (Lipinski definition) is 1. The number of benzene rings is 1. The van der Waals surface area contributed by atoms with Crippen molar-refractivity contribution in [3.63, 3.8) is 0 Å². The molecule has 1 aliphatic rings. The van der Waals surface area contributed by atoms with Crippen LogP contribution in [0.2, 0.25) is 0 Å².